The second kappa shape index (κ2) is 6.31. The van der Waals surface area contributed by atoms with Crippen molar-refractivity contribution in [1.29, 1.82) is 0 Å². The average Bonchev–Trinajstić information content (AvgIpc) is 2.74. The van der Waals surface area contributed by atoms with Crippen LogP contribution in [0.3, 0.4) is 0 Å². The van der Waals surface area contributed by atoms with Crippen molar-refractivity contribution in [3.63, 3.8) is 0 Å². The van der Waals surface area contributed by atoms with E-state index in [9.17, 15) is 9.59 Å². The lowest BCUT2D eigenvalue weighted by Gasteiger charge is -2.19. The number of carbonyl (C=O) groups excluding carboxylic acids is 1. The van der Waals surface area contributed by atoms with Crippen LogP contribution in [-0.4, -0.2) is 50.0 Å². The van der Waals surface area contributed by atoms with Gasteiger partial charge in [-0.05, 0) is 19.8 Å². The van der Waals surface area contributed by atoms with Crippen LogP contribution in [0.2, 0.25) is 0 Å². The summed E-state index contributed by atoms with van der Waals surface area (Å²) in [5, 5.41) is 16.5. The predicted octanol–water partition coefficient (Wildman–Crippen LogP) is 0.968. The van der Waals surface area contributed by atoms with Crippen molar-refractivity contribution in [3.05, 3.63) is 11.4 Å². The van der Waals surface area contributed by atoms with Crippen LogP contribution in [0.5, 0.6) is 0 Å². The van der Waals surface area contributed by atoms with E-state index < -0.39 is 5.97 Å². The summed E-state index contributed by atoms with van der Waals surface area (Å²) in [5.74, 6) is -1.27. The third-order valence-electron chi connectivity index (χ3n) is 2.92. The maximum atomic E-state index is 12.0. The molecule has 0 saturated carbocycles. The highest BCUT2D eigenvalue weighted by Crippen LogP contribution is 2.17. The van der Waals surface area contributed by atoms with Crippen molar-refractivity contribution in [1.82, 2.24) is 19.9 Å². The van der Waals surface area contributed by atoms with Gasteiger partial charge in [0, 0.05) is 13.1 Å². The quantitative estimate of drug-likeness (QED) is 0.830. The number of hydrogen-bond acceptors (Lipinski definition) is 4. The Balaban J connectivity index is 3.02. The minimum Gasteiger partial charge on any atom is -0.476 e. The van der Waals surface area contributed by atoms with E-state index in [-0.39, 0.29) is 24.1 Å². The molecule has 19 heavy (non-hydrogen) atoms. The topological polar surface area (TPSA) is 88.3 Å². The van der Waals surface area contributed by atoms with Gasteiger partial charge in [0.05, 0.1) is 5.69 Å². The van der Waals surface area contributed by atoms with Gasteiger partial charge in [-0.15, -0.1) is 5.10 Å². The number of hydrogen-bond donors (Lipinski definition) is 1. The van der Waals surface area contributed by atoms with Gasteiger partial charge in [-0.3, -0.25) is 4.79 Å². The van der Waals surface area contributed by atoms with E-state index in [2.05, 4.69) is 10.3 Å². The average molecular weight is 268 g/mol. The van der Waals surface area contributed by atoms with Crippen molar-refractivity contribution in [3.8, 4) is 0 Å². The number of aromatic nitrogens is 3. The third kappa shape index (κ3) is 3.30. The zero-order valence-electron chi connectivity index (χ0n) is 11.8. The van der Waals surface area contributed by atoms with Crippen LogP contribution in [0.25, 0.3) is 0 Å². The van der Waals surface area contributed by atoms with Crippen molar-refractivity contribution in [2.24, 2.45) is 0 Å². The molecule has 0 saturated heterocycles. The monoisotopic (exact) mass is 268 g/mol. The highest BCUT2D eigenvalue weighted by atomic mass is 16.4. The summed E-state index contributed by atoms with van der Waals surface area (Å²) in [4.78, 5) is 24.8. The first kappa shape index (κ1) is 15.1. The molecule has 106 valence electrons. The summed E-state index contributed by atoms with van der Waals surface area (Å²) in [6, 6.07) is 0. The van der Waals surface area contributed by atoms with Gasteiger partial charge in [0.2, 0.25) is 5.91 Å². The Kier molecular flexibility index (Phi) is 5.02. The lowest BCUT2D eigenvalue weighted by molar-refractivity contribution is -0.131. The fourth-order valence-electron chi connectivity index (χ4n) is 1.97. The second-order valence-electron chi connectivity index (χ2n) is 4.51. The summed E-state index contributed by atoms with van der Waals surface area (Å²) in [6.45, 7) is 8.76. The molecule has 0 fully saturated rings. The summed E-state index contributed by atoms with van der Waals surface area (Å²) in [7, 11) is 0. The molecule has 1 aromatic heterocycles. The van der Waals surface area contributed by atoms with E-state index >= 15 is 0 Å². The van der Waals surface area contributed by atoms with Gasteiger partial charge in [0.1, 0.15) is 6.54 Å². The van der Waals surface area contributed by atoms with Gasteiger partial charge in [-0.1, -0.05) is 19.1 Å². The first-order valence-electron chi connectivity index (χ1n) is 6.36. The number of nitrogens with zero attached hydrogens (tertiary/aromatic N) is 4. The first-order chi connectivity index (χ1) is 8.92. The SMILES string of the molecule is CCN(CC)C(=O)Cn1nnc(C(=O)O)c1C(C)C. The van der Waals surface area contributed by atoms with Crippen LogP contribution < -0.4 is 0 Å². The van der Waals surface area contributed by atoms with Crippen molar-refractivity contribution >= 4 is 11.9 Å². The first-order valence-corrected chi connectivity index (χ1v) is 6.36. The van der Waals surface area contributed by atoms with Crippen LogP contribution in [0.4, 0.5) is 0 Å². The highest BCUT2D eigenvalue weighted by Gasteiger charge is 2.23. The molecule has 0 unspecified atom stereocenters. The molecule has 1 amide bonds. The molecule has 0 atom stereocenters. The van der Waals surface area contributed by atoms with Crippen LogP contribution in [-0.2, 0) is 11.3 Å². The molecule has 1 rings (SSSR count). The number of rotatable bonds is 6. The molecule has 0 aliphatic carbocycles. The molecule has 0 bridgehead atoms. The fraction of sp³-hybridized carbons (Fsp3) is 0.667. The predicted molar refractivity (Wildman–Crippen MR) is 69.0 cm³/mol. The Morgan fingerprint density at radius 1 is 1.32 bits per heavy atom. The summed E-state index contributed by atoms with van der Waals surface area (Å²) in [6.07, 6.45) is 0. The highest BCUT2D eigenvalue weighted by molar-refractivity contribution is 5.86. The normalized spacial score (nSPS) is 10.8. The molecule has 1 aromatic rings. The van der Waals surface area contributed by atoms with E-state index in [4.69, 9.17) is 5.11 Å². The van der Waals surface area contributed by atoms with Crippen molar-refractivity contribution < 1.29 is 14.7 Å². The van der Waals surface area contributed by atoms with Crippen LogP contribution in [0.1, 0.15) is 49.8 Å². The number of carboxylic acids is 1. The molecule has 0 radical (unpaired) electrons. The lowest BCUT2D eigenvalue weighted by Crippen LogP contribution is -2.34. The van der Waals surface area contributed by atoms with Gasteiger partial charge in [-0.2, -0.15) is 0 Å². The largest absolute Gasteiger partial charge is 0.476 e. The Bertz CT molecular complexity index is 464. The van der Waals surface area contributed by atoms with Crippen molar-refractivity contribution in [2.45, 2.75) is 40.2 Å². The van der Waals surface area contributed by atoms with E-state index in [0.717, 1.165) is 0 Å². The summed E-state index contributed by atoms with van der Waals surface area (Å²) in [5.41, 5.74) is 0.398. The molecule has 1 N–H and O–H groups in total. The Morgan fingerprint density at radius 3 is 2.32 bits per heavy atom. The summed E-state index contributed by atoms with van der Waals surface area (Å²) >= 11 is 0. The number of aromatic carboxylic acids is 1. The Hall–Kier alpha value is -1.92. The molecule has 0 aliphatic rings. The molecule has 7 nitrogen and oxygen atoms in total. The Morgan fingerprint density at radius 2 is 1.89 bits per heavy atom. The van der Waals surface area contributed by atoms with Gasteiger partial charge >= 0.3 is 5.97 Å². The van der Waals surface area contributed by atoms with Crippen LogP contribution >= 0.6 is 0 Å². The van der Waals surface area contributed by atoms with Crippen molar-refractivity contribution in [2.75, 3.05) is 13.1 Å². The van der Waals surface area contributed by atoms with Gasteiger partial charge in [-0.25, -0.2) is 9.48 Å². The minimum absolute atomic E-state index is 0.0233. The maximum absolute atomic E-state index is 12.0. The molecule has 1 heterocycles. The molecule has 0 spiro atoms. The molecule has 0 aliphatic heterocycles. The molecular weight excluding hydrogens is 248 g/mol. The number of carboxylic acid groups (broad SMARTS) is 1. The van der Waals surface area contributed by atoms with Crippen LogP contribution in [0, 0.1) is 0 Å². The third-order valence-corrected chi connectivity index (χ3v) is 2.92. The lowest BCUT2D eigenvalue weighted by atomic mass is 10.1. The number of amides is 1. The smallest absolute Gasteiger partial charge is 0.358 e. The zero-order chi connectivity index (χ0) is 14.6. The molecule has 7 heteroatoms. The zero-order valence-corrected chi connectivity index (χ0v) is 11.8. The van der Waals surface area contributed by atoms with Gasteiger partial charge < -0.3 is 10.0 Å². The molecule has 0 aromatic carbocycles. The Labute approximate surface area is 112 Å². The number of carbonyl (C=O) groups is 2. The van der Waals surface area contributed by atoms with Gasteiger partial charge in [0.25, 0.3) is 0 Å². The van der Waals surface area contributed by atoms with Gasteiger partial charge in [0.15, 0.2) is 5.69 Å². The standard InChI is InChI=1S/C12H20N4O3/c1-5-15(6-2)9(17)7-16-11(8(3)4)10(12(18)19)13-14-16/h8H,5-7H2,1-4H3,(H,18,19). The van der Waals surface area contributed by atoms with Crippen LogP contribution in [0.15, 0.2) is 0 Å². The minimum atomic E-state index is -1.12. The van der Waals surface area contributed by atoms with E-state index in [0.29, 0.717) is 18.8 Å². The summed E-state index contributed by atoms with van der Waals surface area (Å²) < 4.78 is 1.38. The number of likely N-dealkylation sites (N-methyl/N-ethyl adjacent to an activating group) is 1. The second-order valence-corrected chi connectivity index (χ2v) is 4.51. The van der Waals surface area contributed by atoms with E-state index in [1.165, 1.54) is 4.68 Å². The van der Waals surface area contributed by atoms with E-state index in [1.54, 1.807) is 4.90 Å². The maximum Gasteiger partial charge on any atom is 0.358 e. The fourth-order valence-corrected chi connectivity index (χ4v) is 1.97. The molecular formula is C12H20N4O3. The van der Waals surface area contributed by atoms with E-state index in [1.807, 2.05) is 27.7 Å².